The summed E-state index contributed by atoms with van der Waals surface area (Å²) in [4.78, 5) is 10.5. The first-order valence-electron chi connectivity index (χ1n) is 5.85. The third-order valence-corrected chi connectivity index (χ3v) is 3.05. The summed E-state index contributed by atoms with van der Waals surface area (Å²) in [6, 6.07) is 0. The lowest BCUT2D eigenvalue weighted by Gasteiger charge is -2.19. The molecule has 0 aromatic carbocycles. The Bertz CT molecular complexity index is 199. The Kier molecular flexibility index (Phi) is 4.92. The van der Waals surface area contributed by atoms with Gasteiger partial charge >= 0.3 is 0 Å². The smallest absolute Gasteiger partial charge is 0.123 e. The van der Waals surface area contributed by atoms with Crippen LogP contribution in [0.1, 0.15) is 52.4 Å². The average Bonchev–Trinajstić information content (AvgIpc) is 2.19. The van der Waals surface area contributed by atoms with Crippen molar-refractivity contribution in [3.05, 3.63) is 11.6 Å². The van der Waals surface area contributed by atoms with Crippen LogP contribution in [0, 0.1) is 11.8 Å². The van der Waals surface area contributed by atoms with Gasteiger partial charge in [-0.3, -0.25) is 0 Å². The van der Waals surface area contributed by atoms with E-state index in [1.54, 1.807) is 0 Å². The van der Waals surface area contributed by atoms with Gasteiger partial charge in [0.15, 0.2) is 0 Å². The maximum absolute atomic E-state index is 10.5. The average molecular weight is 194 g/mol. The van der Waals surface area contributed by atoms with E-state index >= 15 is 0 Å². The molecule has 0 saturated heterocycles. The molecule has 1 aliphatic rings. The van der Waals surface area contributed by atoms with E-state index in [1.165, 1.54) is 37.7 Å². The summed E-state index contributed by atoms with van der Waals surface area (Å²) in [6.07, 6.45) is 11.3. The van der Waals surface area contributed by atoms with Gasteiger partial charge in [-0.2, -0.15) is 0 Å². The van der Waals surface area contributed by atoms with Crippen molar-refractivity contribution >= 4 is 6.29 Å². The Hall–Kier alpha value is -0.590. The van der Waals surface area contributed by atoms with E-state index in [9.17, 15) is 4.79 Å². The number of hydrogen-bond donors (Lipinski definition) is 0. The van der Waals surface area contributed by atoms with E-state index in [1.807, 2.05) is 6.92 Å². The Balaban J connectivity index is 2.36. The molecule has 0 aliphatic heterocycles. The molecule has 1 atom stereocenters. The van der Waals surface area contributed by atoms with E-state index in [0.29, 0.717) is 0 Å². The molecule has 1 rings (SSSR count). The van der Waals surface area contributed by atoms with Crippen LogP contribution in [0.25, 0.3) is 0 Å². The number of carbonyl (C=O) groups is 1. The van der Waals surface area contributed by atoms with Crippen molar-refractivity contribution < 1.29 is 4.79 Å². The first-order valence-corrected chi connectivity index (χ1v) is 5.85. The third-order valence-electron chi connectivity index (χ3n) is 3.05. The summed E-state index contributed by atoms with van der Waals surface area (Å²) in [5.74, 6) is 0.984. The molecule has 0 amide bonds. The fourth-order valence-electron chi connectivity index (χ4n) is 2.33. The molecule has 1 heteroatoms. The first kappa shape index (κ1) is 11.5. The SMILES string of the molecule is CC(=CC1CCCCC1)CC(C)C=O. The second-order valence-electron chi connectivity index (χ2n) is 4.73. The monoisotopic (exact) mass is 194 g/mol. The predicted molar refractivity (Wildman–Crippen MR) is 60.2 cm³/mol. The lowest BCUT2D eigenvalue weighted by atomic mass is 9.87. The molecular formula is C13H22O. The van der Waals surface area contributed by atoms with Gasteiger partial charge in [-0.05, 0) is 32.1 Å². The Labute approximate surface area is 87.6 Å². The minimum absolute atomic E-state index is 0.190. The molecule has 0 heterocycles. The van der Waals surface area contributed by atoms with Crippen LogP contribution in [0.3, 0.4) is 0 Å². The second-order valence-corrected chi connectivity index (χ2v) is 4.73. The number of hydrogen-bond acceptors (Lipinski definition) is 1. The van der Waals surface area contributed by atoms with Crippen molar-refractivity contribution in [2.45, 2.75) is 52.4 Å². The predicted octanol–water partition coefficient (Wildman–Crippen LogP) is 3.74. The molecule has 1 unspecified atom stereocenters. The van der Waals surface area contributed by atoms with Gasteiger partial charge in [0.1, 0.15) is 6.29 Å². The van der Waals surface area contributed by atoms with Crippen molar-refractivity contribution in [1.82, 2.24) is 0 Å². The van der Waals surface area contributed by atoms with Gasteiger partial charge in [-0.15, -0.1) is 0 Å². The van der Waals surface area contributed by atoms with E-state index in [0.717, 1.165) is 18.6 Å². The summed E-state index contributed by atoms with van der Waals surface area (Å²) < 4.78 is 0. The van der Waals surface area contributed by atoms with Crippen molar-refractivity contribution in [1.29, 1.82) is 0 Å². The second kappa shape index (κ2) is 6.00. The quantitative estimate of drug-likeness (QED) is 0.492. The summed E-state index contributed by atoms with van der Waals surface area (Å²) in [5, 5.41) is 0. The minimum atomic E-state index is 0.190. The van der Waals surface area contributed by atoms with Gasteiger partial charge in [-0.1, -0.05) is 37.8 Å². The van der Waals surface area contributed by atoms with Crippen LogP contribution < -0.4 is 0 Å². The van der Waals surface area contributed by atoms with Crippen molar-refractivity contribution in [2.24, 2.45) is 11.8 Å². The highest BCUT2D eigenvalue weighted by Crippen LogP contribution is 2.26. The zero-order chi connectivity index (χ0) is 10.4. The van der Waals surface area contributed by atoms with Gasteiger partial charge in [0, 0.05) is 5.92 Å². The van der Waals surface area contributed by atoms with Crippen LogP contribution in [0.15, 0.2) is 11.6 Å². The molecule has 1 aliphatic carbocycles. The molecule has 0 bridgehead atoms. The normalized spacial score (nSPS) is 22.0. The molecule has 0 aromatic heterocycles. The highest BCUT2D eigenvalue weighted by Gasteiger charge is 2.11. The molecular weight excluding hydrogens is 172 g/mol. The summed E-state index contributed by atoms with van der Waals surface area (Å²) >= 11 is 0. The molecule has 0 N–H and O–H groups in total. The van der Waals surface area contributed by atoms with Gasteiger partial charge < -0.3 is 4.79 Å². The number of rotatable bonds is 4. The molecule has 1 fully saturated rings. The Morgan fingerprint density at radius 3 is 2.57 bits per heavy atom. The minimum Gasteiger partial charge on any atom is -0.303 e. The van der Waals surface area contributed by atoms with Crippen molar-refractivity contribution in [3.8, 4) is 0 Å². The lowest BCUT2D eigenvalue weighted by molar-refractivity contribution is -0.110. The topological polar surface area (TPSA) is 17.1 Å². The summed E-state index contributed by atoms with van der Waals surface area (Å²) in [6.45, 7) is 4.15. The van der Waals surface area contributed by atoms with Crippen molar-refractivity contribution in [3.63, 3.8) is 0 Å². The Morgan fingerprint density at radius 1 is 1.36 bits per heavy atom. The molecule has 0 radical (unpaired) electrons. The van der Waals surface area contributed by atoms with Crippen LogP contribution in [0.2, 0.25) is 0 Å². The fraction of sp³-hybridized carbons (Fsp3) is 0.769. The zero-order valence-electron chi connectivity index (χ0n) is 9.46. The number of aldehydes is 1. The molecule has 0 spiro atoms. The van der Waals surface area contributed by atoms with E-state index in [4.69, 9.17) is 0 Å². The van der Waals surface area contributed by atoms with Gasteiger partial charge in [0.05, 0.1) is 0 Å². The largest absolute Gasteiger partial charge is 0.303 e. The maximum atomic E-state index is 10.5. The highest BCUT2D eigenvalue weighted by atomic mass is 16.1. The molecule has 0 aromatic rings. The number of allylic oxidation sites excluding steroid dienone is 2. The van der Waals surface area contributed by atoms with Gasteiger partial charge in [0.2, 0.25) is 0 Å². The summed E-state index contributed by atoms with van der Waals surface area (Å²) in [7, 11) is 0. The van der Waals surface area contributed by atoms with Crippen LogP contribution in [-0.2, 0) is 4.79 Å². The highest BCUT2D eigenvalue weighted by molar-refractivity contribution is 5.53. The van der Waals surface area contributed by atoms with Gasteiger partial charge in [-0.25, -0.2) is 0 Å². The maximum Gasteiger partial charge on any atom is 0.123 e. The van der Waals surface area contributed by atoms with Crippen LogP contribution >= 0.6 is 0 Å². The van der Waals surface area contributed by atoms with E-state index in [2.05, 4.69) is 13.0 Å². The van der Waals surface area contributed by atoms with Crippen LogP contribution in [0.4, 0.5) is 0 Å². The molecule has 1 nitrogen and oxygen atoms in total. The molecule has 80 valence electrons. The standard InChI is InChI=1S/C13H22O/c1-11(8-12(2)10-14)9-13-6-4-3-5-7-13/h9-10,12-13H,3-8H2,1-2H3. The number of carbonyl (C=O) groups excluding carboxylic acids is 1. The van der Waals surface area contributed by atoms with Crippen LogP contribution in [0.5, 0.6) is 0 Å². The molecule has 1 saturated carbocycles. The van der Waals surface area contributed by atoms with Crippen molar-refractivity contribution in [2.75, 3.05) is 0 Å². The lowest BCUT2D eigenvalue weighted by Crippen LogP contribution is -2.04. The van der Waals surface area contributed by atoms with Crippen LogP contribution in [-0.4, -0.2) is 6.29 Å². The zero-order valence-corrected chi connectivity index (χ0v) is 9.46. The van der Waals surface area contributed by atoms with E-state index < -0.39 is 0 Å². The first-order chi connectivity index (χ1) is 6.72. The van der Waals surface area contributed by atoms with E-state index in [-0.39, 0.29) is 5.92 Å². The molecule has 14 heavy (non-hydrogen) atoms. The third kappa shape index (κ3) is 4.08. The fourth-order valence-corrected chi connectivity index (χ4v) is 2.33. The Morgan fingerprint density at radius 2 is 2.00 bits per heavy atom. The van der Waals surface area contributed by atoms with Gasteiger partial charge in [0.25, 0.3) is 0 Å². The summed E-state index contributed by atoms with van der Waals surface area (Å²) in [5.41, 5.74) is 1.40.